The molecule has 2 heterocycles. The first-order chi connectivity index (χ1) is 5.77. The fourth-order valence-electron chi connectivity index (χ4n) is 0.900. The molecule has 0 atom stereocenters. The van der Waals surface area contributed by atoms with Gasteiger partial charge < -0.3 is 5.73 Å². The van der Waals surface area contributed by atoms with E-state index in [2.05, 4.69) is 10.1 Å². The predicted octanol–water partition coefficient (Wildman–Crippen LogP) is 1.22. The van der Waals surface area contributed by atoms with Gasteiger partial charge in [0, 0.05) is 11.6 Å². The van der Waals surface area contributed by atoms with Crippen LogP contribution < -0.4 is 5.73 Å². The maximum atomic E-state index is 5.64. The van der Waals surface area contributed by atoms with E-state index in [9.17, 15) is 0 Å². The van der Waals surface area contributed by atoms with Crippen molar-refractivity contribution in [3.8, 4) is 5.13 Å². The zero-order valence-corrected chi connectivity index (χ0v) is 7.38. The highest BCUT2D eigenvalue weighted by atomic mass is 32.1. The summed E-state index contributed by atoms with van der Waals surface area (Å²) < 4.78 is 1.69. The molecule has 0 bridgehead atoms. The number of hydrogen-bond donors (Lipinski definition) is 1. The van der Waals surface area contributed by atoms with Gasteiger partial charge in [0.1, 0.15) is 0 Å². The minimum atomic E-state index is 0.699. The lowest BCUT2D eigenvalue weighted by Gasteiger charge is -1.90. The molecule has 5 heteroatoms. The highest BCUT2D eigenvalue weighted by molar-refractivity contribution is 7.12. The molecule has 0 aromatic carbocycles. The van der Waals surface area contributed by atoms with Crippen molar-refractivity contribution >= 4 is 17.0 Å². The minimum absolute atomic E-state index is 0.699. The molecule has 0 radical (unpaired) electrons. The summed E-state index contributed by atoms with van der Waals surface area (Å²) in [5, 5.41) is 6.94. The third-order valence-electron chi connectivity index (χ3n) is 1.55. The van der Waals surface area contributed by atoms with Crippen molar-refractivity contribution in [2.24, 2.45) is 0 Å². The van der Waals surface area contributed by atoms with E-state index in [4.69, 9.17) is 5.73 Å². The lowest BCUT2D eigenvalue weighted by atomic mass is 10.4. The van der Waals surface area contributed by atoms with Crippen LogP contribution in [0.1, 0.15) is 5.69 Å². The smallest absolute Gasteiger partial charge is 0.210 e. The number of nitrogen functional groups attached to an aromatic ring is 1. The third-order valence-corrected chi connectivity index (χ3v) is 2.31. The van der Waals surface area contributed by atoms with E-state index in [1.807, 2.05) is 12.3 Å². The minimum Gasteiger partial charge on any atom is -0.396 e. The van der Waals surface area contributed by atoms with Gasteiger partial charge in [-0.05, 0) is 6.92 Å². The number of nitrogens with two attached hydrogens (primary N) is 1. The van der Waals surface area contributed by atoms with Gasteiger partial charge in [-0.25, -0.2) is 9.67 Å². The SMILES string of the molecule is Cc1nn(-c2nccs2)cc1N. The van der Waals surface area contributed by atoms with E-state index in [1.165, 1.54) is 11.3 Å². The Labute approximate surface area is 73.7 Å². The molecule has 0 unspecified atom stereocenters. The largest absolute Gasteiger partial charge is 0.396 e. The van der Waals surface area contributed by atoms with Gasteiger partial charge in [0.2, 0.25) is 5.13 Å². The standard InChI is InChI=1S/C7H8N4S/c1-5-6(8)4-11(10-5)7-9-2-3-12-7/h2-4H,8H2,1H3. The van der Waals surface area contributed by atoms with Crippen molar-refractivity contribution in [1.82, 2.24) is 14.8 Å². The van der Waals surface area contributed by atoms with Crippen molar-refractivity contribution in [2.45, 2.75) is 6.92 Å². The average molecular weight is 180 g/mol. The first kappa shape index (κ1) is 7.30. The molecule has 62 valence electrons. The van der Waals surface area contributed by atoms with E-state index < -0.39 is 0 Å². The number of aryl methyl sites for hydroxylation is 1. The Morgan fingerprint density at radius 1 is 1.58 bits per heavy atom. The number of nitrogens with zero attached hydrogens (tertiary/aromatic N) is 3. The molecule has 2 aromatic heterocycles. The first-order valence-corrected chi connectivity index (χ1v) is 4.37. The summed E-state index contributed by atoms with van der Waals surface area (Å²) in [6.07, 6.45) is 3.52. The Morgan fingerprint density at radius 3 is 2.92 bits per heavy atom. The van der Waals surface area contributed by atoms with E-state index in [-0.39, 0.29) is 0 Å². The second-order valence-corrected chi connectivity index (χ2v) is 3.30. The topological polar surface area (TPSA) is 56.7 Å². The Hall–Kier alpha value is -1.36. The molecule has 0 saturated heterocycles. The van der Waals surface area contributed by atoms with Crippen molar-refractivity contribution < 1.29 is 0 Å². The van der Waals surface area contributed by atoms with Crippen LogP contribution in [0.4, 0.5) is 5.69 Å². The third kappa shape index (κ3) is 1.08. The van der Waals surface area contributed by atoms with Gasteiger partial charge in [-0.15, -0.1) is 11.3 Å². The van der Waals surface area contributed by atoms with Crippen LogP contribution in [0.3, 0.4) is 0 Å². The van der Waals surface area contributed by atoms with Crippen LogP contribution in [0.5, 0.6) is 0 Å². The maximum Gasteiger partial charge on any atom is 0.210 e. The summed E-state index contributed by atoms with van der Waals surface area (Å²) in [5.74, 6) is 0. The average Bonchev–Trinajstić information content (AvgIpc) is 2.61. The van der Waals surface area contributed by atoms with Crippen LogP contribution in [-0.2, 0) is 0 Å². The summed E-state index contributed by atoms with van der Waals surface area (Å²) in [6.45, 7) is 1.87. The van der Waals surface area contributed by atoms with Gasteiger partial charge >= 0.3 is 0 Å². The molecule has 2 rings (SSSR count). The summed E-state index contributed by atoms with van der Waals surface area (Å²) in [6, 6.07) is 0. The van der Waals surface area contributed by atoms with Crippen LogP contribution in [0.15, 0.2) is 17.8 Å². The highest BCUT2D eigenvalue weighted by Gasteiger charge is 2.03. The van der Waals surface area contributed by atoms with Gasteiger partial charge in [0.15, 0.2) is 0 Å². The quantitative estimate of drug-likeness (QED) is 0.717. The summed E-state index contributed by atoms with van der Waals surface area (Å²) >= 11 is 1.53. The molecule has 0 aliphatic carbocycles. The molecular formula is C7H8N4S. The van der Waals surface area contributed by atoms with Crippen molar-refractivity contribution in [3.05, 3.63) is 23.5 Å². The Balaban J connectivity index is 2.48. The van der Waals surface area contributed by atoms with Crippen LogP contribution in [0, 0.1) is 6.92 Å². The highest BCUT2D eigenvalue weighted by Crippen LogP contribution is 2.14. The molecule has 0 aliphatic heterocycles. The summed E-state index contributed by atoms with van der Waals surface area (Å²) in [4.78, 5) is 4.10. The van der Waals surface area contributed by atoms with E-state index >= 15 is 0 Å². The van der Waals surface area contributed by atoms with Crippen LogP contribution in [0.2, 0.25) is 0 Å². The number of anilines is 1. The predicted molar refractivity (Wildman–Crippen MR) is 48.4 cm³/mol. The summed E-state index contributed by atoms with van der Waals surface area (Å²) in [5.41, 5.74) is 7.18. The molecule has 0 fully saturated rings. The van der Waals surface area contributed by atoms with Gasteiger partial charge in [-0.2, -0.15) is 5.10 Å². The number of aromatic nitrogens is 3. The molecule has 12 heavy (non-hydrogen) atoms. The second-order valence-electron chi connectivity index (χ2n) is 2.43. The van der Waals surface area contributed by atoms with Crippen molar-refractivity contribution in [3.63, 3.8) is 0 Å². The monoisotopic (exact) mass is 180 g/mol. The van der Waals surface area contributed by atoms with Crippen LogP contribution >= 0.6 is 11.3 Å². The number of rotatable bonds is 1. The Morgan fingerprint density at radius 2 is 2.42 bits per heavy atom. The van der Waals surface area contributed by atoms with Gasteiger partial charge in [-0.3, -0.25) is 0 Å². The zero-order valence-electron chi connectivity index (χ0n) is 6.56. The van der Waals surface area contributed by atoms with Crippen molar-refractivity contribution in [2.75, 3.05) is 5.73 Å². The zero-order chi connectivity index (χ0) is 8.55. The molecule has 0 spiro atoms. The molecule has 4 nitrogen and oxygen atoms in total. The fraction of sp³-hybridized carbons (Fsp3) is 0.143. The van der Waals surface area contributed by atoms with Crippen molar-refractivity contribution in [1.29, 1.82) is 0 Å². The number of hydrogen-bond acceptors (Lipinski definition) is 4. The lowest BCUT2D eigenvalue weighted by Crippen LogP contribution is -1.92. The van der Waals surface area contributed by atoms with E-state index in [1.54, 1.807) is 17.1 Å². The second kappa shape index (κ2) is 2.60. The molecule has 0 aliphatic rings. The van der Waals surface area contributed by atoms with Gasteiger partial charge in [0.25, 0.3) is 0 Å². The molecular weight excluding hydrogens is 172 g/mol. The van der Waals surface area contributed by atoms with Gasteiger partial charge in [0.05, 0.1) is 17.6 Å². The summed E-state index contributed by atoms with van der Waals surface area (Å²) in [7, 11) is 0. The van der Waals surface area contributed by atoms with Crippen LogP contribution in [-0.4, -0.2) is 14.8 Å². The Bertz CT molecular complexity index is 357. The fourth-order valence-corrected chi connectivity index (χ4v) is 1.47. The number of thiazole rings is 1. The first-order valence-electron chi connectivity index (χ1n) is 3.49. The van der Waals surface area contributed by atoms with E-state index in [0.717, 1.165) is 10.8 Å². The molecule has 2 aromatic rings. The Kier molecular flexibility index (Phi) is 1.58. The molecule has 0 amide bonds. The van der Waals surface area contributed by atoms with Crippen LogP contribution in [0.25, 0.3) is 5.13 Å². The normalized spacial score (nSPS) is 10.4. The maximum absolute atomic E-state index is 5.64. The van der Waals surface area contributed by atoms with E-state index in [0.29, 0.717) is 5.69 Å². The molecule has 0 saturated carbocycles. The molecule has 2 N–H and O–H groups in total. The van der Waals surface area contributed by atoms with Gasteiger partial charge in [-0.1, -0.05) is 0 Å². The lowest BCUT2D eigenvalue weighted by molar-refractivity contribution is 0.853.